The van der Waals surface area contributed by atoms with Gasteiger partial charge in [0.1, 0.15) is 0 Å². The fourth-order valence-electron chi connectivity index (χ4n) is 2.85. The standard InChI is InChI=1S/C14H27N3O3/c1-14(2,10-16(3)4)9-15-13(20)17-7-5-6-11(17)8-12(18)19/h11H,5-10H2,1-4H3,(H,15,20)(H,18,19). The van der Waals surface area contributed by atoms with Gasteiger partial charge in [0.25, 0.3) is 0 Å². The van der Waals surface area contributed by atoms with Crippen LogP contribution < -0.4 is 5.32 Å². The Bertz CT molecular complexity index is 356. The lowest BCUT2D eigenvalue weighted by atomic mass is 9.93. The molecule has 1 aliphatic heterocycles. The van der Waals surface area contributed by atoms with Crippen LogP contribution in [0.25, 0.3) is 0 Å². The van der Waals surface area contributed by atoms with Crippen LogP contribution in [0.15, 0.2) is 0 Å². The number of carboxylic acids is 1. The van der Waals surface area contributed by atoms with E-state index in [1.807, 2.05) is 14.1 Å². The smallest absolute Gasteiger partial charge is 0.317 e. The zero-order chi connectivity index (χ0) is 15.3. The van der Waals surface area contributed by atoms with Gasteiger partial charge in [0.05, 0.1) is 6.42 Å². The molecule has 0 aromatic heterocycles. The van der Waals surface area contributed by atoms with Crippen LogP contribution in [-0.2, 0) is 4.79 Å². The number of carbonyl (C=O) groups is 2. The van der Waals surface area contributed by atoms with Gasteiger partial charge in [-0.05, 0) is 32.4 Å². The van der Waals surface area contributed by atoms with E-state index < -0.39 is 5.97 Å². The fourth-order valence-corrected chi connectivity index (χ4v) is 2.85. The van der Waals surface area contributed by atoms with Gasteiger partial charge in [-0.1, -0.05) is 13.8 Å². The number of carbonyl (C=O) groups excluding carboxylic acids is 1. The van der Waals surface area contributed by atoms with Crippen LogP contribution >= 0.6 is 0 Å². The summed E-state index contributed by atoms with van der Waals surface area (Å²) in [7, 11) is 4.01. The zero-order valence-corrected chi connectivity index (χ0v) is 13.0. The second kappa shape index (κ2) is 6.92. The maximum absolute atomic E-state index is 12.2. The predicted octanol–water partition coefficient (Wildman–Crippen LogP) is 1.22. The Labute approximate surface area is 121 Å². The molecule has 20 heavy (non-hydrogen) atoms. The molecule has 0 aromatic carbocycles. The molecule has 1 aliphatic rings. The average molecular weight is 285 g/mol. The molecule has 1 atom stereocenters. The highest BCUT2D eigenvalue weighted by molar-refractivity contribution is 5.76. The molecule has 6 nitrogen and oxygen atoms in total. The van der Waals surface area contributed by atoms with Crippen LogP contribution in [0.2, 0.25) is 0 Å². The van der Waals surface area contributed by atoms with Crippen molar-refractivity contribution in [1.82, 2.24) is 15.1 Å². The number of hydrogen-bond acceptors (Lipinski definition) is 3. The summed E-state index contributed by atoms with van der Waals surface area (Å²) in [5.41, 5.74) is -0.0127. The molecule has 0 aliphatic carbocycles. The third-order valence-electron chi connectivity index (χ3n) is 3.51. The summed E-state index contributed by atoms with van der Waals surface area (Å²) in [5, 5.41) is 11.8. The molecule has 116 valence electrons. The third-order valence-corrected chi connectivity index (χ3v) is 3.51. The molecule has 1 saturated heterocycles. The molecular formula is C14H27N3O3. The third kappa shape index (κ3) is 5.36. The summed E-state index contributed by atoms with van der Waals surface area (Å²) in [6, 6.07) is -0.301. The molecule has 1 rings (SSSR count). The number of rotatable bonds is 6. The number of carboxylic acid groups (broad SMARTS) is 1. The minimum atomic E-state index is -0.845. The number of likely N-dealkylation sites (tertiary alicyclic amines) is 1. The molecule has 1 heterocycles. The van der Waals surface area contributed by atoms with Crippen LogP contribution in [0.3, 0.4) is 0 Å². The van der Waals surface area contributed by atoms with Crippen molar-refractivity contribution in [1.29, 1.82) is 0 Å². The minimum absolute atomic E-state index is 0.0127. The van der Waals surface area contributed by atoms with Crippen LogP contribution in [0.5, 0.6) is 0 Å². The van der Waals surface area contributed by atoms with E-state index in [1.54, 1.807) is 4.90 Å². The van der Waals surface area contributed by atoms with Crippen molar-refractivity contribution in [2.24, 2.45) is 5.41 Å². The van der Waals surface area contributed by atoms with Crippen molar-refractivity contribution < 1.29 is 14.7 Å². The zero-order valence-electron chi connectivity index (χ0n) is 13.0. The highest BCUT2D eigenvalue weighted by atomic mass is 16.4. The van der Waals surface area contributed by atoms with E-state index in [1.165, 1.54) is 0 Å². The minimum Gasteiger partial charge on any atom is -0.481 e. The Morgan fingerprint density at radius 2 is 2.05 bits per heavy atom. The molecule has 1 unspecified atom stereocenters. The molecular weight excluding hydrogens is 258 g/mol. The first-order valence-electron chi connectivity index (χ1n) is 7.12. The monoisotopic (exact) mass is 285 g/mol. The Morgan fingerprint density at radius 1 is 1.40 bits per heavy atom. The van der Waals surface area contributed by atoms with Gasteiger partial charge in [0.2, 0.25) is 0 Å². The lowest BCUT2D eigenvalue weighted by Crippen LogP contribution is -2.47. The number of hydrogen-bond donors (Lipinski definition) is 2. The van der Waals surface area contributed by atoms with Gasteiger partial charge in [0, 0.05) is 25.7 Å². The first-order chi connectivity index (χ1) is 9.21. The second-order valence-corrected chi connectivity index (χ2v) is 6.65. The summed E-state index contributed by atoms with van der Waals surface area (Å²) < 4.78 is 0. The summed E-state index contributed by atoms with van der Waals surface area (Å²) in [4.78, 5) is 26.7. The molecule has 0 radical (unpaired) electrons. The quantitative estimate of drug-likeness (QED) is 0.769. The SMILES string of the molecule is CN(C)CC(C)(C)CNC(=O)N1CCCC1CC(=O)O. The van der Waals surface area contributed by atoms with E-state index in [2.05, 4.69) is 24.1 Å². The lowest BCUT2D eigenvalue weighted by Gasteiger charge is -2.30. The van der Waals surface area contributed by atoms with Gasteiger partial charge in [-0.25, -0.2) is 4.79 Å². The molecule has 0 saturated carbocycles. The van der Waals surface area contributed by atoms with Crippen molar-refractivity contribution >= 4 is 12.0 Å². The van der Waals surface area contributed by atoms with Crippen molar-refractivity contribution in [2.75, 3.05) is 33.7 Å². The summed E-state index contributed by atoms with van der Waals surface area (Å²) in [6.45, 7) is 6.32. The van der Waals surface area contributed by atoms with E-state index in [4.69, 9.17) is 5.11 Å². The summed E-state index contributed by atoms with van der Waals surface area (Å²) in [6.07, 6.45) is 1.70. The molecule has 0 aromatic rings. The molecule has 2 amide bonds. The summed E-state index contributed by atoms with van der Waals surface area (Å²) in [5.74, 6) is -0.845. The molecule has 6 heteroatoms. The Kier molecular flexibility index (Phi) is 5.80. The molecule has 0 spiro atoms. The normalized spacial score (nSPS) is 19.4. The molecule has 2 N–H and O–H groups in total. The Balaban J connectivity index is 2.47. The molecule has 0 bridgehead atoms. The topological polar surface area (TPSA) is 72.9 Å². The highest BCUT2D eigenvalue weighted by Gasteiger charge is 2.31. The number of aliphatic carboxylic acids is 1. The van der Waals surface area contributed by atoms with Crippen LogP contribution in [0, 0.1) is 5.41 Å². The summed E-state index contributed by atoms with van der Waals surface area (Å²) >= 11 is 0. The van der Waals surface area contributed by atoms with E-state index >= 15 is 0 Å². The van der Waals surface area contributed by atoms with Crippen LogP contribution in [0.1, 0.15) is 33.1 Å². The lowest BCUT2D eigenvalue weighted by molar-refractivity contribution is -0.137. The highest BCUT2D eigenvalue weighted by Crippen LogP contribution is 2.21. The van der Waals surface area contributed by atoms with E-state index in [-0.39, 0.29) is 23.9 Å². The van der Waals surface area contributed by atoms with Gasteiger partial charge in [-0.3, -0.25) is 4.79 Å². The first kappa shape index (κ1) is 16.8. The van der Waals surface area contributed by atoms with Gasteiger partial charge in [0.15, 0.2) is 0 Å². The van der Waals surface area contributed by atoms with E-state index in [9.17, 15) is 9.59 Å². The van der Waals surface area contributed by atoms with Gasteiger partial charge >= 0.3 is 12.0 Å². The van der Waals surface area contributed by atoms with Crippen LogP contribution in [-0.4, -0.2) is 66.7 Å². The number of amides is 2. The van der Waals surface area contributed by atoms with E-state index in [0.29, 0.717) is 13.1 Å². The number of nitrogens with zero attached hydrogens (tertiary/aromatic N) is 2. The number of nitrogens with one attached hydrogen (secondary N) is 1. The second-order valence-electron chi connectivity index (χ2n) is 6.65. The Morgan fingerprint density at radius 3 is 2.60 bits per heavy atom. The fraction of sp³-hybridized carbons (Fsp3) is 0.857. The van der Waals surface area contributed by atoms with E-state index in [0.717, 1.165) is 19.4 Å². The van der Waals surface area contributed by atoms with Gasteiger partial charge in [-0.15, -0.1) is 0 Å². The largest absolute Gasteiger partial charge is 0.481 e. The van der Waals surface area contributed by atoms with Crippen molar-refractivity contribution in [3.05, 3.63) is 0 Å². The van der Waals surface area contributed by atoms with Crippen molar-refractivity contribution in [3.63, 3.8) is 0 Å². The maximum Gasteiger partial charge on any atom is 0.317 e. The predicted molar refractivity (Wildman–Crippen MR) is 77.7 cm³/mol. The van der Waals surface area contributed by atoms with Gasteiger partial charge < -0.3 is 20.2 Å². The average Bonchev–Trinajstić information content (AvgIpc) is 2.71. The maximum atomic E-state index is 12.2. The molecule has 1 fully saturated rings. The first-order valence-corrected chi connectivity index (χ1v) is 7.12. The van der Waals surface area contributed by atoms with Crippen LogP contribution in [0.4, 0.5) is 4.79 Å². The number of urea groups is 1. The Hall–Kier alpha value is -1.30. The van der Waals surface area contributed by atoms with Crippen molar-refractivity contribution in [2.45, 2.75) is 39.2 Å². The van der Waals surface area contributed by atoms with Gasteiger partial charge in [-0.2, -0.15) is 0 Å². The van der Waals surface area contributed by atoms with Crippen molar-refractivity contribution in [3.8, 4) is 0 Å².